The Kier molecular flexibility index (Phi) is 5.28. The topological polar surface area (TPSA) is 46.2 Å². The van der Waals surface area contributed by atoms with Gasteiger partial charge in [-0.15, -0.1) is 0 Å². The van der Waals surface area contributed by atoms with Gasteiger partial charge in [0.25, 0.3) is 0 Å². The molecule has 1 aromatic rings. The van der Waals surface area contributed by atoms with Crippen molar-refractivity contribution in [2.24, 2.45) is 0 Å². The first-order valence-electron chi connectivity index (χ1n) is 5.23. The van der Waals surface area contributed by atoms with E-state index in [1.807, 2.05) is 6.07 Å². The van der Waals surface area contributed by atoms with Gasteiger partial charge in [-0.1, -0.05) is 11.6 Å². The first-order chi connectivity index (χ1) is 7.83. The Morgan fingerprint density at radius 3 is 2.59 bits per heavy atom. The van der Waals surface area contributed by atoms with Gasteiger partial charge in [0.05, 0.1) is 11.0 Å². The lowest BCUT2D eigenvalue weighted by Crippen LogP contribution is -2.23. The number of rotatable bonds is 5. The summed E-state index contributed by atoms with van der Waals surface area (Å²) in [5, 5.41) is 3.37. The van der Waals surface area contributed by atoms with Crippen molar-refractivity contribution in [1.82, 2.24) is 0 Å². The van der Waals surface area contributed by atoms with Crippen LogP contribution in [0, 0.1) is 0 Å². The maximum Gasteiger partial charge on any atom is 0.154 e. The van der Waals surface area contributed by atoms with Gasteiger partial charge in [0, 0.05) is 21.7 Å². The number of benzene rings is 1. The zero-order valence-corrected chi connectivity index (χ0v) is 12.9. The summed E-state index contributed by atoms with van der Waals surface area (Å²) in [4.78, 5) is 0. The smallest absolute Gasteiger partial charge is 0.154 e. The predicted octanol–water partition coefficient (Wildman–Crippen LogP) is 3.34. The number of anilines is 1. The van der Waals surface area contributed by atoms with Crippen molar-refractivity contribution in [3.63, 3.8) is 0 Å². The molecule has 0 aliphatic carbocycles. The van der Waals surface area contributed by atoms with Crippen molar-refractivity contribution < 1.29 is 8.42 Å². The molecule has 17 heavy (non-hydrogen) atoms. The van der Waals surface area contributed by atoms with Crippen LogP contribution >= 0.6 is 27.5 Å². The first-order valence-corrected chi connectivity index (χ1v) is 8.12. The second-order valence-electron chi connectivity index (χ2n) is 3.97. The van der Waals surface area contributed by atoms with E-state index in [9.17, 15) is 8.42 Å². The second kappa shape index (κ2) is 6.07. The minimum Gasteiger partial charge on any atom is -0.383 e. The maximum absolute atomic E-state index is 11.6. The maximum atomic E-state index is 11.6. The van der Waals surface area contributed by atoms with E-state index < -0.39 is 9.84 Å². The molecule has 3 nitrogen and oxygen atoms in total. The second-order valence-corrected chi connectivity index (χ2v) is 7.93. The molecule has 0 unspecified atom stereocenters. The molecule has 0 atom stereocenters. The molecule has 0 aliphatic rings. The van der Waals surface area contributed by atoms with Gasteiger partial charge in [-0.25, -0.2) is 8.42 Å². The van der Waals surface area contributed by atoms with Gasteiger partial charge in [-0.05, 0) is 48.0 Å². The van der Waals surface area contributed by atoms with Crippen LogP contribution in [-0.4, -0.2) is 26.0 Å². The Labute approximate surface area is 116 Å². The summed E-state index contributed by atoms with van der Waals surface area (Å²) in [5.41, 5.74) is 0.841. The minimum absolute atomic E-state index is 0.125. The van der Waals surface area contributed by atoms with Crippen molar-refractivity contribution >= 4 is 43.1 Å². The van der Waals surface area contributed by atoms with Gasteiger partial charge in [0.15, 0.2) is 9.84 Å². The Morgan fingerprint density at radius 1 is 1.41 bits per heavy atom. The van der Waals surface area contributed by atoms with Gasteiger partial charge >= 0.3 is 0 Å². The SMILES string of the molecule is CC(C)S(=O)(=O)CCNc1ccc(Cl)cc1Br. The zero-order chi connectivity index (χ0) is 13.1. The van der Waals surface area contributed by atoms with Crippen LogP contribution in [0.5, 0.6) is 0 Å². The summed E-state index contributed by atoms with van der Waals surface area (Å²) in [6.07, 6.45) is 0. The fourth-order valence-corrected chi connectivity index (χ4v) is 2.88. The Morgan fingerprint density at radius 2 is 2.06 bits per heavy atom. The predicted molar refractivity (Wildman–Crippen MR) is 76.6 cm³/mol. The Hall–Kier alpha value is -0.260. The molecule has 1 rings (SSSR count). The van der Waals surface area contributed by atoms with Crippen LogP contribution in [0.25, 0.3) is 0 Å². The van der Waals surface area contributed by atoms with Crippen molar-refractivity contribution in [1.29, 1.82) is 0 Å². The standard InChI is InChI=1S/C11H15BrClNO2S/c1-8(2)17(15,16)6-5-14-11-4-3-9(13)7-10(11)12/h3-4,7-8,14H,5-6H2,1-2H3. The van der Waals surface area contributed by atoms with E-state index in [-0.39, 0.29) is 11.0 Å². The Bertz CT molecular complexity index is 488. The third-order valence-corrected chi connectivity index (χ3v) is 5.45. The average molecular weight is 341 g/mol. The largest absolute Gasteiger partial charge is 0.383 e. The monoisotopic (exact) mass is 339 g/mol. The van der Waals surface area contributed by atoms with Crippen LogP contribution in [0.15, 0.2) is 22.7 Å². The fraction of sp³-hybridized carbons (Fsp3) is 0.455. The van der Waals surface area contributed by atoms with Crippen LogP contribution in [0.1, 0.15) is 13.8 Å². The number of sulfone groups is 1. The van der Waals surface area contributed by atoms with E-state index in [1.54, 1.807) is 26.0 Å². The van der Waals surface area contributed by atoms with Crippen LogP contribution in [-0.2, 0) is 9.84 Å². The lowest BCUT2D eigenvalue weighted by atomic mass is 10.3. The normalized spacial score (nSPS) is 11.8. The molecule has 0 aliphatic heterocycles. The van der Waals surface area contributed by atoms with Gasteiger partial charge < -0.3 is 5.32 Å². The van der Waals surface area contributed by atoms with E-state index in [1.165, 1.54) is 0 Å². The number of hydrogen-bond acceptors (Lipinski definition) is 3. The molecule has 0 saturated carbocycles. The van der Waals surface area contributed by atoms with E-state index >= 15 is 0 Å². The van der Waals surface area contributed by atoms with Crippen molar-refractivity contribution in [3.8, 4) is 0 Å². The summed E-state index contributed by atoms with van der Waals surface area (Å²) in [7, 11) is -2.99. The van der Waals surface area contributed by atoms with Crippen LogP contribution in [0.2, 0.25) is 5.02 Å². The van der Waals surface area contributed by atoms with Gasteiger partial charge in [0.2, 0.25) is 0 Å². The summed E-state index contributed by atoms with van der Waals surface area (Å²) in [5.74, 6) is 0.125. The minimum atomic E-state index is -2.99. The molecular weight excluding hydrogens is 326 g/mol. The van der Waals surface area contributed by atoms with Crippen molar-refractivity contribution in [3.05, 3.63) is 27.7 Å². The molecule has 1 N–H and O–H groups in total. The van der Waals surface area contributed by atoms with Crippen LogP contribution in [0.3, 0.4) is 0 Å². The van der Waals surface area contributed by atoms with Gasteiger partial charge in [-0.3, -0.25) is 0 Å². The molecule has 0 spiro atoms. The molecule has 0 heterocycles. The summed E-state index contributed by atoms with van der Waals surface area (Å²) >= 11 is 9.17. The average Bonchev–Trinajstić information content (AvgIpc) is 2.21. The van der Waals surface area contributed by atoms with Crippen molar-refractivity contribution in [2.75, 3.05) is 17.6 Å². The molecule has 1 aromatic carbocycles. The molecule has 0 amide bonds. The van der Waals surface area contributed by atoms with Gasteiger partial charge in [-0.2, -0.15) is 0 Å². The van der Waals surface area contributed by atoms with Crippen molar-refractivity contribution in [2.45, 2.75) is 19.1 Å². The molecule has 0 radical (unpaired) electrons. The molecule has 0 bridgehead atoms. The first kappa shape index (κ1) is 14.8. The fourth-order valence-electron chi connectivity index (χ4n) is 1.20. The lowest BCUT2D eigenvalue weighted by molar-refractivity contribution is 0.588. The quantitative estimate of drug-likeness (QED) is 0.894. The zero-order valence-electron chi connectivity index (χ0n) is 9.70. The van der Waals surface area contributed by atoms with Gasteiger partial charge in [0.1, 0.15) is 0 Å². The van der Waals surface area contributed by atoms with E-state index in [0.717, 1.165) is 10.2 Å². The molecule has 0 saturated heterocycles. The molecule has 0 fully saturated rings. The summed E-state index contributed by atoms with van der Waals surface area (Å²) in [6, 6.07) is 5.33. The highest BCUT2D eigenvalue weighted by atomic mass is 79.9. The lowest BCUT2D eigenvalue weighted by Gasteiger charge is -2.11. The van der Waals surface area contributed by atoms with Crippen LogP contribution in [0.4, 0.5) is 5.69 Å². The third kappa shape index (κ3) is 4.48. The molecule has 96 valence electrons. The highest BCUT2D eigenvalue weighted by Gasteiger charge is 2.15. The highest BCUT2D eigenvalue weighted by molar-refractivity contribution is 9.10. The Balaban J connectivity index is 2.58. The van der Waals surface area contributed by atoms with E-state index in [0.29, 0.717) is 11.6 Å². The highest BCUT2D eigenvalue weighted by Crippen LogP contribution is 2.25. The summed E-state index contributed by atoms with van der Waals surface area (Å²) in [6.45, 7) is 3.77. The van der Waals surface area contributed by atoms with E-state index in [4.69, 9.17) is 11.6 Å². The number of hydrogen-bond donors (Lipinski definition) is 1. The molecule has 6 heteroatoms. The molecule has 0 aromatic heterocycles. The van der Waals surface area contributed by atoms with Crippen LogP contribution < -0.4 is 5.32 Å². The number of nitrogens with one attached hydrogen (secondary N) is 1. The third-order valence-electron chi connectivity index (χ3n) is 2.35. The number of halogens is 2. The summed E-state index contributed by atoms with van der Waals surface area (Å²) < 4.78 is 24.0. The molecular formula is C11H15BrClNO2S. The van der Waals surface area contributed by atoms with E-state index in [2.05, 4.69) is 21.2 Å².